The zero-order chi connectivity index (χ0) is 25.6. The Labute approximate surface area is 204 Å². The summed E-state index contributed by atoms with van der Waals surface area (Å²) in [5.74, 6) is -0.00189. The first-order chi connectivity index (χ1) is 17.2. The Balaban J connectivity index is 1.45. The Bertz CT molecular complexity index is 1420. The van der Waals surface area contributed by atoms with Crippen LogP contribution in [0, 0.1) is 24.2 Å². The predicted octanol–water partition coefficient (Wildman–Crippen LogP) is 4.81. The maximum absolute atomic E-state index is 13.4. The Kier molecular flexibility index (Phi) is 5.98. The molecule has 3 heterocycles. The third-order valence-electron chi connectivity index (χ3n) is 7.02. The van der Waals surface area contributed by atoms with Crippen molar-refractivity contribution in [1.29, 1.82) is 5.26 Å². The number of aryl methyl sites for hydroxylation is 1. The highest BCUT2D eigenvalue weighted by Crippen LogP contribution is 2.43. The average Bonchev–Trinajstić information content (AvgIpc) is 3.40. The van der Waals surface area contributed by atoms with Gasteiger partial charge in [0, 0.05) is 24.0 Å². The van der Waals surface area contributed by atoms with Crippen LogP contribution in [-0.2, 0) is 0 Å². The molecule has 5 rings (SSSR count). The van der Waals surface area contributed by atoms with Gasteiger partial charge in [-0.25, -0.2) is 0 Å². The van der Waals surface area contributed by atoms with E-state index in [2.05, 4.69) is 21.5 Å². The van der Waals surface area contributed by atoms with E-state index in [4.69, 9.17) is 0 Å². The van der Waals surface area contributed by atoms with Gasteiger partial charge in [-0.05, 0) is 68.4 Å². The number of amides is 1. The van der Waals surface area contributed by atoms with E-state index < -0.39 is 18.1 Å². The molecule has 0 bridgehead atoms. The number of H-pyrrole nitrogens is 1. The van der Waals surface area contributed by atoms with E-state index in [1.165, 1.54) is 6.07 Å². The minimum atomic E-state index is -4.46. The fraction of sp³-hybridized carbons (Fsp3) is 0.440. The first-order valence-electron chi connectivity index (χ1n) is 11.9. The van der Waals surface area contributed by atoms with E-state index in [9.17, 15) is 28.0 Å². The second kappa shape index (κ2) is 9.00. The van der Waals surface area contributed by atoms with Crippen molar-refractivity contribution >= 4 is 28.3 Å². The van der Waals surface area contributed by atoms with Gasteiger partial charge in [-0.2, -0.15) is 23.5 Å². The molecule has 2 atom stereocenters. The van der Waals surface area contributed by atoms with Crippen molar-refractivity contribution in [2.24, 2.45) is 5.92 Å². The van der Waals surface area contributed by atoms with Crippen LogP contribution >= 0.6 is 0 Å². The number of anilines is 2. The molecule has 2 aromatic heterocycles. The number of halogens is 3. The summed E-state index contributed by atoms with van der Waals surface area (Å²) in [6, 6.07) is 6.80. The molecule has 1 aromatic carbocycles. The van der Waals surface area contributed by atoms with E-state index >= 15 is 0 Å². The summed E-state index contributed by atoms with van der Waals surface area (Å²) in [4.78, 5) is 29.2. The lowest BCUT2D eigenvalue weighted by molar-refractivity contribution is -0.169. The molecule has 188 valence electrons. The second-order valence-electron chi connectivity index (χ2n) is 9.48. The smallest absolute Gasteiger partial charge is 0.338 e. The van der Waals surface area contributed by atoms with Gasteiger partial charge < -0.3 is 15.2 Å². The van der Waals surface area contributed by atoms with Gasteiger partial charge in [0.2, 0.25) is 0 Å². The van der Waals surface area contributed by atoms with Gasteiger partial charge in [0.25, 0.3) is 11.5 Å². The molecule has 3 aromatic rings. The molecule has 1 aliphatic heterocycles. The van der Waals surface area contributed by atoms with Crippen molar-refractivity contribution in [3.8, 4) is 6.07 Å². The van der Waals surface area contributed by atoms with Crippen molar-refractivity contribution in [3.05, 3.63) is 51.9 Å². The lowest BCUT2D eigenvalue weighted by atomic mass is 10.1. The molecule has 1 saturated carbocycles. The number of benzene rings is 1. The zero-order valence-corrected chi connectivity index (χ0v) is 19.6. The highest BCUT2D eigenvalue weighted by molar-refractivity contribution is 5.97. The molecule has 2 unspecified atom stereocenters. The lowest BCUT2D eigenvalue weighted by Gasteiger charge is -2.27. The third-order valence-corrected chi connectivity index (χ3v) is 7.02. The molecule has 2 fully saturated rings. The normalized spacial score (nSPS) is 18.9. The highest BCUT2D eigenvalue weighted by Gasteiger charge is 2.48. The number of likely N-dealkylation sites (tertiary alicyclic amines) is 1. The molecule has 1 amide bonds. The largest absolute Gasteiger partial charge is 0.408 e. The van der Waals surface area contributed by atoms with Gasteiger partial charge in [0.1, 0.15) is 11.4 Å². The number of nitriles is 1. The van der Waals surface area contributed by atoms with Crippen molar-refractivity contribution in [2.75, 3.05) is 11.9 Å². The van der Waals surface area contributed by atoms with Crippen molar-refractivity contribution < 1.29 is 18.0 Å². The number of pyridine rings is 1. The van der Waals surface area contributed by atoms with Crippen LogP contribution in [0.3, 0.4) is 0 Å². The zero-order valence-electron chi connectivity index (χ0n) is 19.6. The maximum atomic E-state index is 13.4. The topological polar surface area (TPSA) is 107 Å². The number of hydrogen-bond acceptors (Lipinski definition) is 5. The summed E-state index contributed by atoms with van der Waals surface area (Å²) in [5.41, 5.74) is 1.53. The summed E-state index contributed by atoms with van der Waals surface area (Å²) in [7, 11) is 0. The standard InChI is InChI=1S/C25H25F3N6O2/c1-14-13-16(6-7-17(14)24(36)33-12-2-3-20(33)25(26,27)28)31-22-21-19(9-11-30-23(21)35)34(32-22)18(8-10-29)15-4-5-15/h6-7,9,11,13,15,18,20H,2-5,8,12H2,1H3,(H,30,35)(H,31,32). The molecule has 2 aliphatic rings. The Morgan fingerprint density at radius 3 is 2.75 bits per heavy atom. The quantitative estimate of drug-likeness (QED) is 0.507. The third kappa shape index (κ3) is 4.32. The van der Waals surface area contributed by atoms with E-state index in [-0.39, 0.29) is 36.6 Å². The van der Waals surface area contributed by atoms with E-state index in [0.29, 0.717) is 40.3 Å². The maximum Gasteiger partial charge on any atom is 0.408 e. The molecular formula is C25H25F3N6O2. The molecule has 8 nitrogen and oxygen atoms in total. The van der Waals surface area contributed by atoms with E-state index in [1.54, 1.807) is 36.0 Å². The van der Waals surface area contributed by atoms with Crippen LogP contribution in [0.2, 0.25) is 0 Å². The molecule has 0 spiro atoms. The van der Waals surface area contributed by atoms with E-state index in [0.717, 1.165) is 17.7 Å². The number of hydrogen-bond donors (Lipinski definition) is 2. The van der Waals surface area contributed by atoms with Gasteiger partial charge in [0.05, 0.1) is 24.0 Å². The number of carbonyl (C=O) groups excluding carboxylic acids is 1. The van der Waals surface area contributed by atoms with E-state index in [1.807, 2.05) is 0 Å². The fourth-order valence-electron chi connectivity index (χ4n) is 5.09. The van der Waals surface area contributed by atoms with Crippen LogP contribution in [0.5, 0.6) is 0 Å². The number of alkyl halides is 3. The van der Waals surface area contributed by atoms with Crippen LogP contribution in [-0.4, -0.2) is 44.3 Å². The van der Waals surface area contributed by atoms with Gasteiger partial charge in [-0.15, -0.1) is 0 Å². The SMILES string of the molecule is Cc1cc(Nc2nn(C(CC#N)C3CC3)c3cc[nH]c(=O)c23)ccc1C(=O)N1CCCC1C(F)(F)F. The summed E-state index contributed by atoms with van der Waals surface area (Å²) in [5, 5.41) is 17.4. The van der Waals surface area contributed by atoms with Gasteiger partial charge >= 0.3 is 6.18 Å². The molecular weight excluding hydrogens is 473 g/mol. The summed E-state index contributed by atoms with van der Waals surface area (Å²) >= 11 is 0. The Morgan fingerprint density at radius 1 is 1.31 bits per heavy atom. The number of rotatable bonds is 6. The monoisotopic (exact) mass is 498 g/mol. The number of nitrogens with one attached hydrogen (secondary N) is 2. The number of fused-ring (bicyclic) bond motifs is 1. The fourth-order valence-corrected chi connectivity index (χ4v) is 5.09. The molecule has 1 aliphatic carbocycles. The minimum absolute atomic E-state index is 0.0690. The number of nitrogens with zero attached hydrogens (tertiary/aromatic N) is 4. The van der Waals surface area contributed by atoms with Crippen molar-refractivity contribution in [2.45, 2.75) is 57.3 Å². The number of aromatic nitrogens is 3. The van der Waals surface area contributed by atoms with Crippen molar-refractivity contribution in [3.63, 3.8) is 0 Å². The van der Waals surface area contributed by atoms with Crippen molar-refractivity contribution in [1.82, 2.24) is 19.7 Å². The molecule has 36 heavy (non-hydrogen) atoms. The average molecular weight is 499 g/mol. The highest BCUT2D eigenvalue weighted by atomic mass is 19.4. The summed E-state index contributed by atoms with van der Waals surface area (Å²) in [6.45, 7) is 1.73. The predicted molar refractivity (Wildman–Crippen MR) is 127 cm³/mol. The van der Waals surface area contributed by atoms with Crippen LogP contribution < -0.4 is 10.9 Å². The molecule has 11 heteroatoms. The van der Waals surface area contributed by atoms with Crippen LogP contribution in [0.25, 0.3) is 10.9 Å². The first-order valence-corrected chi connectivity index (χ1v) is 11.9. The lowest BCUT2D eigenvalue weighted by Crippen LogP contribution is -2.44. The summed E-state index contributed by atoms with van der Waals surface area (Å²) < 4.78 is 41.8. The Morgan fingerprint density at radius 2 is 2.08 bits per heavy atom. The number of aromatic amines is 1. The van der Waals surface area contributed by atoms with Crippen LogP contribution in [0.15, 0.2) is 35.3 Å². The number of carbonyl (C=O) groups is 1. The Hall–Kier alpha value is -3.81. The molecule has 1 saturated heterocycles. The van der Waals surface area contributed by atoms with Gasteiger partial charge in [-0.1, -0.05) is 0 Å². The molecule has 2 N–H and O–H groups in total. The van der Waals surface area contributed by atoms with Gasteiger partial charge in [0.15, 0.2) is 5.82 Å². The van der Waals surface area contributed by atoms with Gasteiger partial charge in [-0.3, -0.25) is 14.3 Å². The first kappa shape index (κ1) is 23.9. The van der Waals surface area contributed by atoms with Crippen LogP contribution in [0.4, 0.5) is 24.7 Å². The minimum Gasteiger partial charge on any atom is -0.338 e. The summed E-state index contributed by atoms with van der Waals surface area (Å²) in [6.07, 6.45) is -0.420. The second-order valence-corrected chi connectivity index (χ2v) is 9.48. The van der Waals surface area contributed by atoms with Crippen LogP contribution in [0.1, 0.15) is 54.1 Å². The molecule has 0 radical (unpaired) electrons.